The van der Waals surface area contributed by atoms with Crippen LogP contribution in [0.3, 0.4) is 0 Å². The minimum atomic E-state index is -3.64. The lowest BCUT2D eigenvalue weighted by atomic mass is 10.0. The summed E-state index contributed by atoms with van der Waals surface area (Å²) in [4.78, 5) is 13.0. The number of carbonyl (C=O) groups is 1. The largest absolute Gasteiger partial charge is 0.480 e. The van der Waals surface area contributed by atoms with Crippen molar-refractivity contribution in [3.63, 3.8) is 0 Å². The van der Waals surface area contributed by atoms with E-state index in [4.69, 9.17) is 0 Å². The number of nitrogens with zero attached hydrogens (tertiary/aromatic N) is 1. The van der Waals surface area contributed by atoms with Crippen molar-refractivity contribution in [3.05, 3.63) is 24.3 Å². The predicted molar refractivity (Wildman–Crippen MR) is 79.9 cm³/mol. The van der Waals surface area contributed by atoms with Gasteiger partial charge in [-0.3, -0.25) is 0 Å². The van der Waals surface area contributed by atoms with Crippen LogP contribution in [0.5, 0.6) is 0 Å². The Morgan fingerprint density at radius 2 is 1.90 bits per heavy atom. The number of aliphatic carboxylic acids is 1. The molecule has 1 aromatic rings. The fraction of sp³-hybridized carbons (Fsp3) is 0.500. The number of carboxylic acid groups (broad SMARTS) is 1. The number of carboxylic acids is 1. The van der Waals surface area contributed by atoms with Crippen LogP contribution < -0.4 is 9.62 Å². The molecule has 0 heterocycles. The van der Waals surface area contributed by atoms with Gasteiger partial charge < -0.3 is 10.0 Å². The Hall–Kier alpha value is -1.60. The molecule has 0 aliphatic heterocycles. The van der Waals surface area contributed by atoms with Crippen LogP contribution in [0.25, 0.3) is 0 Å². The molecule has 1 aromatic carbocycles. The lowest BCUT2D eigenvalue weighted by Gasteiger charge is -2.34. The highest BCUT2D eigenvalue weighted by molar-refractivity contribution is 7.89. The molecule has 0 aromatic heterocycles. The molecule has 6 nitrogen and oxygen atoms in total. The topological polar surface area (TPSA) is 86.7 Å². The third kappa shape index (κ3) is 3.19. The minimum absolute atomic E-state index is 0.000784. The number of rotatable bonds is 6. The normalized spacial score (nSPS) is 15.8. The van der Waals surface area contributed by atoms with E-state index >= 15 is 0 Å². The highest BCUT2D eigenvalue weighted by Gasteiger charge is 2.36. The van der Waals surface area contributed by atoms with E-state index in [2.05, 4.69) is 4.72 Å². The van der Waals surface area contributed by atoms with Crippen molar-refractivity contribution in [2.24, 2.45) is 0 Å². The lowest BCUT2D eigenvalue weighted by Crippen LogP contribution is -2.48. The summed E-state index contributed by atoms with van der Waals surface area (Å²) in [5.41, 5.74) is -0.844. The van der Waals surface area contributed by atoms with Gasteiger partial charge in [-0.25, -0.2) is 17.9 Å². The minimum Gasteiger partial charge on any atom is -0.480 e. The summed E-state index contributed by atoms with van der Waals surface area (Å²) in [6, 6.07) is 6.44. The second kappa shape index (κ2) is 5.31. The lowest BCUT2D eigenvalue weighted by molar-refractivity contribution is -0.142. The molecule has 1 aliphatic rings. The summed E-state index contributed by atoms with van der Waals surface area (Å²) in [5, 5.41) is 9.32. The summed E-state index contributed by atoms with van der Waals surface area (Å²) >= 11 is 0. The molecule has 0 saturated heterocycles. The SMILES string of the molecule is CN(c1ccccc1S(=O)(=O)NC1CC1)C(C)(C)C(=O)O. The van der Waals surface area contributed by atoms with Crippen LogP contribution in [0, 0.1) is 0 Å². The van der Waals surface area contributed by atoms with E-state index in [0.29, 0.717) is 5.69 Å². The Labute approximate surface area is 124 Å². The Bertz CT molecular complexity index is 651. The van der Waals surface area contributed by atoms with Gasteiger partial charge >= 0.3 is 5.97 Å². The highest BCUT2D eigenvalue weighted by atomic mass is 32.2. The van der Waals surface area contributed by atoms with E-state index in [9.17, 15) is 18.3 Å². The number of anilines is 1. The summed E-state index contributed by atoms with van der Waals surface area (Å²) in [6.07, 6.45) is 1.69. The van der Waals surface area contributed by atoms with Gasteiger partial charge in [0.05, 0.1) is 5.69 Å². The maximum absolute atomic E-state index is 12.4. The maximum Gasteiger partial charge on any atom is 0.328 e. The van der Waals surface area contributed by atoms with Crippen LogP contribution in [-0.2, 0) is 14.8 Å². The van der Waals surface area contributed by atoms with Crippen molar-refractivity contribution in [1.29, 1.82) is 0 Å². The van der Waals surface area contributed by atoms with Crippen LogP contribution in [0.4, 0.5) is 5.69 Å². The van der Waals surface area contributed by atoms with Crippen molar-refractivity contribution in [3.8, 4) is 0 Å². The molecule has 0 amide bonds. The monoisotopic (exact) mass is 312 g/mol. The molecule has 0 atom stereocenters. The number of nitrogens with one attached hydrogen (secondary N) is 1. The van der Waals surface area contributed by atoms with Gasteiger partial charge in [-0.2, -0.15) is 0 Å². The van der Waals surface area contributed by atoms with Crippen molar-refractivity contribution < 1.29 is 18.3 Å². The number of sulfonamides is 1. The Kier molecular flexibility index (Phi) is 3.99. The third-order valence-electron chi connectivity index (χ3n) is 3.78. The fourth-order valence-electron chi connectivity index (χ4n) is 1.89. The number of likely N-dealkylation sites (N-methyl/N-ethyl adjacent to an activating group) is 1. The van der Waals surface area contributed by atoms with Crippen molar-refractivity contribution in [2.75, 3.05) is 11.9 Å². The van der Waals surface area contributed by atoms with Crippen LogP contribution in [0.15, 0.2) is 29.2 Å². The van der Waals surface area contributed by atoms with Gasteiger partial charge in [-0.1, -0.05) is 12.1 Å². The van der Waals surface area contributed by atoms with E-state index in [-0.39, 0.29) is 10.9 Å². The molecule has 0 bridgehead atoms. The molecule has 0 unspecified atom stereocenters. The first kappa shape index (κ1) is 15.8. The summed E-state index contributed by atoms with van der Waals surface area (Å²) in [7, 11) is -2.06. The van der Waals surface area contributed by atoms with Gasteiger partial charge in [0.1, 0.15) is 10.4 Å². The van der Waals surface area contributed by atoms with Crippen LogP contribution in [-0.4, -0.2) is 38.1 Å². The van der Waals surface area contributed by atoms with Gasteiger partial charge in [-0.05, 0) is 38.8 Å². The zero-order chi connectivity index (χ0) is 15.8. The number of hydrogen-bond acceptors (Lipinski definition) is 4. The molecule has 116 valence electrons. The van der Waals surface area contributed by atoms with Crippen molar-refractivity contribution >= 4 is 21.7 Å². The molecular weight excluding hydrogens is 292 g/mol. The van der Waals surface area contributed by atoms with Crippen molar-refractivity contribution in [2.45, 2.75) is 43.2 Å². The molecule has 1 fully saturated rings. The van der Waals surface area contributed by atoms with Gasteiger partial charge in [-0.15, -0.1) is 0 Å². The molecule has 21 heavy (non-hydrogen) atoms. The highest BCUT2D eigenvalue weighted by Crippen LogP contribution is 2.31. The average Bonchev–Trinajstić information content (AvgIpc) is 3.20. The number of hydrogen-bond donors (Lipinski definition) is 2. The fourth-order valence-corrected chi connectivity index (χ4v) is 3.43. The van der Waals surface area contributed by atoms with Gasteiger partial charge in [0.25, 0.3) is 0 Å². The summed E-state index contributed by atoms with van der Waals surface area (Å²) in [5.74, 6) is -1.02. The predicted octanol–water partition coefficient (Wildman–Crippen LogP) is 1.43. The quantitative estimate of drug-likeness (QED) is 0.830. The second-order valence-electron chi connectivity index (χ2n) is 5.79. The molecule has 1 saturated carbocycles. The van der Waals surface area contributed by atoms with E-state index in [1.165, 1.54) is 24.8 Å². The summed E-state index contributed by atoms with van der Waals surface area (Å²) in [6.45, 7) is 3.07. The Balaban J connectivity index is 2.43. The molecular formula is C14H20N2O4S. The van der Waals surface area contributed by atoms with E-state index in [0.717, 1.165) is 12.8 Å². The summed E-state index contributed by atoms with van der Waals surface area (Å²) < 4.78 is 27.5. The molecule has 0 spiro atoms. The zero-order valence-corrected chi connectivity index (χ0v) is 13.1. The first-order chi connectivity index (χ1) is 9.66. The standard InChI is InChI=1S/C14H20N2O4S/c1-14(2,13(17)18)16(3)11-6-4-5-7-12(11)21(19,20)15-10-8-9-10/h4-7,10,15H,8-9H2,1-3H3,(H,17,18). The molecule has 0 radical (unpaired) electrons. The van der Waals surface area contributed by atoms with Gasteiger partial charge in [0, 0.05) is 13.1 Å². The van der Waals surface area contributed by atoms with E-state index in [1.807, 2.05) is 0 Å². The Morgan fingerprint density at radius 3 is 2.43 bits per heavy atom. The number of para-hydroxylation sites is 1. The maximum atomic E-state index is 12.4. The zero-order valence-electron chi connectivity index (χ0n) is 12.3. The Morgan fingerprint density at radius 1 is 1.33 bits per heavy atom. The molecule has 2 rings (SSSR count). The number of benzene rings is 1. The van der Waals surface area contributed by atoms with Crippen LogP contribution >= 0.6 is 0 Å². The van der Waals surface area contributed by atoms with Crippen LogP contribution in [0.2, 0.25) is 0 Å². The van der Waals surface area contributed by atoms with Crippen LogP contribution in [0.1, 0.15) is 26.7 Å². The molecule has 1 aliphatic carbocycles. The first-order valence-corrected chi connectivity index (χ1v) is 8.23. The van der Waals surface area contributed by atoms with Gasteiger partial charge in [0.15, 0.2) is 0 Å². The van der Waals surface area contributed by atoms with E-state index in [1.54, 1.807) is 25.2 Å². The molecule has 7 heteroatoms. The first-order valence-electron chi connectivity index (χ1n) is 6.75. The molecule has 2 N–H and O–H groups in total. The van der Waals surface area contributed by atoms with Gasteiger partial charge in [0.2, 0.25) is 10.0 Å². The smallest absolute Gasteiger partial charge is 0.328 e. The van der Waals surface area contributed by atoms with Crippen molar-refractivity contribution in [1.82, 2.24) is 4.72 Å². The second-order valence-corrected chi connectivity index (χ2v) is 7.47. The van der Waals surface area contributed by atoms with E-state index < -0.39 is 21.5 Å². The third-order valence-corrected chi connectivity index (χ3v) is 5.35. The average molecular weight is 312 g/mol.